The third-order valence-electron chi connectivity index (χ3n) is 4.82. The lowest BCUT2D eigenvalue weighted by atomic mass is 10.0. The van der Waals surface area contributed by atoms with E-state index >= 15 is 0 Å². The van der Waals surface area contributed by atoms with Crippen LogP contribution in [0.5, 0.6) is 5.75 Å². The van der Waals surface area contributed by atoms with Crippen molar-refractivity contribution in [3.63, 3.8) is 0 Å². The van der Waals surface area contributed by atoms with Gasteiger partial charge in [-0.1, -0.05) is 43.7 Å². The summed E-state index contributed by atoms with van der Waals surface area (Å²) in [5.41, 5.74) is -0.136. The number of halogens is 6. The van der Waals surface area contributed by atoms with Crippen molar-refractivity contribution in [3.8, 4) is 16.9 Å². The fourth-order valence-electron chi connectivity index (χ4n) is 3.09. The molecule has 3 rings (SSSR count). The molecule has 7 heteroatoms. The van der Waals surface area contributed by atoms with Gasteiger partial charge in [0.2, 0.25) is 0 Å². The van der Waals surface area contributed by atoms with E-state index in [1.807, 2.05) is 0 Å². The molecule has 0 atom stereocenters. The van der Waals surface area contributed by atoms with Crippen molar-refractivity contribution in [2.24, 2.45) is 0 Å². The quantitative estimate of drug-likeness (QED) is 0.340. The van der Waals surface area contributed by atoms with E-state index in [-0.39, 0.29) is 16.9 Å². The fourth-order valence-corrected chi connectivity index (χ4v) is 3.09. The van der Waals surface area contributed by atoms with Crippen LogP contribution < -0.4 is 4.74 Å². The Labute approximate surface area is 176 Å². The average Bonchev–Trinajstić information content (AvgIpc) is 2.72. The zero-order valence-corrected chi connectivity index (χ0v) is 16.6. The van der Waals surface area contributed by atoms with Crippen LogP contribution in [0.4, 0.5) is 26.3 Å². The van der Waals surface area contributed by atoms with Crippen LogP contribution in [0, 0.1) is 5.82 Å². The minimum Gasteiger partial charge on any atom is -0.429 e. The molecule has 31 heavy (non-hydrogen) atoms. The normalized spacial score (nSPS) is 12.1. The molecule has 0 aliphatic rings. The van der Waals surface area contributed by atoms with Crippen LogP contribution in [0.1, 0.15) is 36.5 Å². The first-order valence-corrected chi connectivity index (χ1v) is 9.73. The second-order valence-corrected chi connectivity index (χ2v) is 7.14. The monoisotopic (exact) mass is 438 g/mol. The summed E-state index contributed by atoms with van der Waals surface area (Å²) in [6, 6.07) is 13.7. The molecule has 0 bridgehead atoms. The van der Waals surface area contributed by atoms with Gasteiger partial charge in [-0.05, 0) is 65.9 Å². The second kappa shape index (κ2) is 9.04. The van der Waals surface area contributed by atoms with Gasteiger partial charge < -0.3 is 4.74 Å². The van der Waals surface area contributed by atoms with Crippen molar-refractivity contribution in [3.05, 3.63) is 89.2 Å². The van der Waals surface area contributed by atoms with E-state index < -0.39 is 23.7 Å². The van der Waals surface area contributed by atoms with Gasteiger partial charge in [0, 0.05) is 0 Å². The van der Waals surface area contributed by atoms with Crippen LogP contribution in [0.2, 0.25) is 0 Å². The third kappa shape index (κ3) is 5.60. The van der Waals surface area contributed by atoms with Gasteiger partial charge in [0.25, 0.3) is 0 Å². The van der Waals surface area contributed by atoms with Gasteiger partial charge >= 0.3 is 12.3 Å². The van der Waals surface area contributed by atoms with Gasteiger partial charge in [-0.25, -0.2) is 4.39 Å². The summed E-state index contributed by atoms with van der Waals surface area (Å²) in [5, 5.41) is 0. The van der Waals surface area contributed by atoms with Crippen molar-refractivity contribution in [1.29, 1.82) is 0 Å². The average molecular weight is 438 g/mol. The first-order valence-electron chi connectivity index (χ1n) is 9.73. The Morgan fingerprint density at radius 3 is 1.94 bits per heavy atom. The molecule has 0 aromatic heterocycles. The van der Waals surface area contributed by atoms with E-state index in [0.29, 0.717) is 11.6 Å². The third-order valence-corrected chi connectivity index (χ3v) is 4.82. The Morgan fingerprint density at radius 2 is 1.39 bits per heavy atom. The number of rotatable bonds is 7. The summed E-state index contributed by atoms with van der Waals surface area (Å²) in [6.45, 7) is 2.05. The van der Waals surface area contributed by atoms with Gasteiger partial charge in [-0.2, -0.15) is 22.0 Å². The van der Waals surface area contributed by atoms with Crippen molar-refractivity contribution in [1.82, 2.24) is 0 Å². The molecule has 0 N–H and O–H groups in total. The Hall–Kier alpha value is -2.96. The van der Waals surface area contributed by atoms with Crippen LogP contribution >= 0.6 is 0 Å². The van der Waals surface area contributed by atoms with Crippen LogP contribution in [0.15, 0.2) is 66.7 Å². The summed E-state index contributed by atoms with van der Waals surface area (Å²) < 4.78 is 85.6. The number of alkyl halides is 5. The standard InChI is InChI=1S/C24H20F6O/c1-2-3-4-16-5-10-19(11-6-16)24(29,30)31-20-12-7-17(8-13-20)18-9-14-21(22(25)15-18)23(26,27)28/h5-15H,2-4H2,1H3. The van der Waals surface area contributed by atoms with Gasteiger partial charge in [0.15, 0.2) is 0 Å². The van der Waals surface area contributed by atoms with Crippen LogP contribution in [0.3, 0.4) is 0 Å². The number of aryl methyl sites for hydroxylation is 1. The van der Waals surface area contributed by atoms with Crippen LogP contribution in [-0.4, -0.2) is 0 Å². The molecule has 0 aliphatic carbocycles. The Balaban J connectivity index is 1.73. The maximum absolute atomic E-state index is 14.5. The molecule has 1 nitrogen and oxygen atoms in total. The highest BCUT2D eigenvalue weighted by molar-refractivity contribution is 5.64. The Kier molecular flexibility index (Phi) is 6.62. The topological polar surface area (TPSA) is 9.23 Å². The number of benzene rings is 3. The highest BCUT2D eigenvalue weighted by Crippen LogP contribution is 2.35. The highest BCUT2D eigenvalue weighted by atomic mass is 19.4. The highest BCUT2D eigenvalue weighted by Gasteiger charge is 2.35. The predicted octanol–water partition coefficient (Wildman–Crippen LogP) is 7.98. The van der Waals surface area contributed by atoms with Crippen LogP contribution in [0.25, 0.3) is 11.1 Å². The molecule has 0 radical (unpaired) electrons. The van der Waals surface area contributed by atoms with Gasteiger partial charge in [-0.15, -0.1) is 0 Å². The van der Waals surface area contributed by atoms with Gasteiger partial charge in [-0.3, -0.25) is 0 Å². The lowest BCUT2D eigenvalue weighted by molar-refractivity contribution is -0.185. The fraction of sp³-hybridized carbons (Fsp3) is 0.250. The maximum Gasteiger partial charge on any atom is 0.426 e. The SMILES string of the molecule is CCCCc1ccc(C(F)(F)Oc2ccc(-c3ccc(C(F)(F)F)c(F)c3)cc2)cc1. The number of unbranched alkanes of at least 4 members (excludes halogenated alkanes) is 1. The molecule has 0 fully saturated rings. The Morgan fingerprint density at radius 1 is 0.774 bits per heavy atom. The second-order valence-electron chi connectivity index (χ2n) is 7.14. The lowest BCUT2D eigenvalue weighted by Gasteiger charge is -2.19. The van der Waals surface area contributed by atoms with E-state index in [4.69, 9.17) is 4.74 Å². The molecule has 3 aromatic carbocycles. The van der Waals surface area contributed by atoms with Gasteiger partial charge in [0.1, 0.15) is 11.6 Å². The number of ether oxygens (including phenoxy) is 1. The van der Waals surface area contributed by atoms with Gasteiger partial charge in [0.05, 0.1) is 11.1 Å². The Bertz CT molecular complexity index is 1010. The molecular formula is C24H20F6O. The van der Waals surface area contributed by atoms with Crippen molar-refractivity contribution in [2.45, 2.75) is 38.5 Å². The molecule has 3 aromatic rings. The first-order chi connectivity index (χ1) is 14.6. The molecule has 0 saturated carbocycles. The van der Waals surface area contributed by atoms with E-state index in [1.165, 1.54) is 36.4 Å². The number of hydrogen-bond donors (Lipinski definition) is 0. The molecule has 0 saturated heterocycles. The first kappa shape index (κ1) is 22.7. The lowest BCUT2D eigenvalue weighted by Crippen LogP contribution is -2.21. The van der Waals surface area contributed by atoms with E-state index in [2.05, 4.69) is 6.92 Å². The predicted molar refractivity (Wildman–Crippen MR) is 106 cm³/mol. The van der Waals surface area contributed by atoms with Crippen molar-refractivity contribution < 1.29 is 31.1 Å². The molecular weight excluding hydrogens is 418 g/mol. The minimum atomic E-state index is -4.79. The van der Waals surface area contributed by atoms with Crippen LogP contribution in [-0.2, 0) is 18.7 Å². The summed E-state index contributed by atoms with van der Waals surface area (Å²) in [6.07, 6.45) is -5.56. The van der Waals surface area contributed by atoms with Crippen molar-refractivity contribution >= 4 is 0 Å². The van der Waals surface area contributed by atoms with E-state index in [9.17, 15) is 26.3 Å². The molecule has 0 amide bonds. The van der Waals surface area contributed by atoms with E-state index in [1.54, 1.807) is 12.1 Å². The molecule has 0 heterocycles. The summed E-state index contributed by atoms with van der Waals surface area (Å²) >= 11 is 0. The molecule has 164 valence electrons. The maximum atomic E-state index is 14.5. The molecule has 0 aliphatic heterocycles. The smallest absolute Gasteiger partial charge is 0.426 e. The zero-order chi connectivity index (χ0) is 22.6. The minimum absolute atomic E-state index is 0.129. The summed E-state index contributed by atoms with van der Waals surface area (Å²) in [4.78, 5) is 0. The summed E-state index contributed by atoms with van der Waals surface area (Å²) in [7, 11) is 0. The number of hydrogen-bond acceptors (Lipinski definition) is 1. The molecule has 0 unspecified atom stereocenters. The van der Waals surface area contributed by atoms with E-state index in [0.717, 1.165) is 37.0 Å². The zero-order valence-electron chi connectivity index (χ0n) is 16.6. The largest absolute Gasteiger partial charge is 0.429 e. The summed E-state index contributed by atoms with van der Waals surface area (Å²) in [5.74, 6) is -1.53. The van der Waals surface area contributed by atoms with Crippen molar-refractivity contribution in [2.75, 3.05) is 0 Å². The molecule has 0 spiro atoms.